The molecule has 0 aliphatic heterocycles. The van der Waals surface area contributed by atoms with E-state index in [9.17, 15) is 4.79 Å². The average molecular weight is 305 g/mol. The van der Waals surface area contributed by atoms with Crippen LogP contribution >= 0.6 is 0 Å². The van der Waals surface area contributed by atoms with Gasteiger partial charge in [-0.2, -0.15) is 5.10 Å². The van der Waals surface area contributed by atoms with Gasteiger partial charge in [0.05, 0.1) is 11.9 Å². The Balaban J connectivity index is 1.94. The standard InChI is InChI=1S/C14H19N5O3/c1-18(8-11(9-20)10-21)14(22)17-12-3-4-13(15-7-12)19-6-2-5-16-19/h2-7,11,20-21H,8-10H2,1H3,(H,17,22). The Kier molecular flexibility index (Phi) is 5.45. The number of urea groups is 1. The first-order valence-corrected chi connectivity index (χ1v) is 6.84. The fraction of sp³-hybridized carbons (Fsp3) is 0.357. The zero-order valence-corrected chi connectivity index (χ0v) is 12.3. The Hall–Kier alpha value is -2.45. The van der Waals surface area contributed by atoms with Gasteiger partial charge in [0.25, 0.3) is 0 Å². The fourth-order valence-corrected chi connectivity index (χ4v) is 1.86. The van der Waals surface area contributed by atoms with Gasteiger partial charge in [-0.1, -0.05) is 0 Å². The highest BCUT2D eigenvalue weighted by Crippen LogP contribution is 2.10. The minimum Gasteiger partial charge on any atom is -0.396 e. The average Bonchev–Trinajstić information content (AvgIpc) is 3.07. The van der Waals surface area contributed by atoms with Crippen LogP contribution in [-0.4, -0.2) is 62.7 Å². The van der Waals surface area contributed by atoms with Crippen LogP contribution in [0.5, 0.6) is 0 Å². The summed E-state index contributed by atoms with van der Waals surface area (Å²) < 4.78 is 1.62. The van der Waals surface area contributed by atoms with Crippen molar-refractivity contribution in [2.75, 3.05) is 32.1 Å². The molecule has 0 bridgehead atoms. The molecule has 0 spiro atoms. The molecule has 2 rings (SSSR count). The van der Waals surface area contributed by atoms with Gasteiger partial charge in [0.2, 0.25) is 0 Å². The predicted molar refractivity (Wildman–Crippen MR) is 80.7 cm³/mol. The van der Waals surface area contributed by atoms with E-state index in [1.165, 1.54) is 4.90 Å². The molecule has 0 unspecified atom stereocenters. The van der Waals surface area contributed by atoms with Crippen molar-refractivity contribution in [3.8, 4) is 5.82 Å². The van der Waals surface area contributed by atoms with Crippen LogP contribution in [0, 0.1) is 5.92 Å². The second kappa shape index (κ2) is 7.53. The van der Waals surface area contributed by atoms with Crippen molar-refractivity contribution in [1.82, 2.24) is 19.7 Å². The summed E-state index contributed by atoms with van der Waals surface area (Å²) in [5.74, 6) is 0.299. The molecule has 0 aliphatic carbocycles. The first kappa shape index (κ1) is 15.9. The van der Waals surface area contributed by atoms with Gasteiger partial charge in [-0.25, -0.2) is 14.5 Å². The highest BCUT2D eigenvalue weighted by atomic mass is 16.3. The van der Waals surface area contributed by atoms with E-state index in [0.29, 0.717) is 11.5 Å². The van der Waals surface area contributed by atoms with Crippen LogP contribution in [0.25, 0.3) is 5.82 Å². The summed E-state index contributed by atoms with van der Waals surface area (Å²) in [5.41, 5.74) is 0.553. The molecule has 0 radical (unpaired) electrons. The van der Waals surface area contributed by atoms with Crippen molar-refractivity contribution in [2.24, 2.45) is 5.92 Å². The predicted octanol–water partition coefficient (Wildman–Crippen LogP) is 0.332. The van der Waals surface area contributed by atoms with Crippen LogP contribution in [-0.2, 0) is 0 Å². The van der Waals surface area contributed by atoms with E-state index in [1.54, 1.807) is 48.5 Å². The number of hydrogen-bond acceptors (Lipinski definition) is 5. The summed E-state index contributed by atoms with van der Waals surface area (Å²) in [6.45, 7) is -0.0832. The second-order valence-corrected chi connectivity index (χ2v) is 4.90. The van der Waals surface area contributed by atoms with E-state index in [2.05, 4.69) is 15.4 Å². The molecular formula is C14H19N5O3. The molecule has 0 saturated carbocycles. The van der Waals surface area contributed by atoms with Crippen molar-refractivity contribution in [3.05, 3.63) is 36.8 Å². The molecule has 8 nitrogen and oxygen atoms in total. The first-order chi connectivity index (χ1) is 10.6. The summed E-state index contributed by atoms with van der Waals surface area (Å²) in [6.07, 6.45) is 4.97. The largest absolute Gasteiger partial charge is 0.396 e. The van der Waals surface area contributed by atoms with Gasteiger partial charge in [-0.3, -0.25) is 0 Å². The Bertz CT molecular complexity index is 581. The van der Waals surface area contributed by atoms with Crippen molar-refractivity contribution >= 4 is 11.7 Å². The second-order valence-electron chi connectivity index (χ2n) is 4.90. The van der Waals surface area contributed by atoms with Gasteiger partial charge >= 0.3 is 6.03 Å². The maximum atomic E-state index is 12.0. The first-order valence-electron chi connectivity index (χ1n) is 6.84. The Morgan fingerprint density at radius 3 is 2.73 bits per heavy atom. The number of carbonyl (C=O) groups is 1. The molecule has 8 heteroatoms. The zero-order valence-electron chi connectivity index (χ0n) is 12.3. The highest BCUT2D eigenvalue weighted by Gasteiger charge is 2.14. The summed E-state index contributed by atoms with van der Waals surface area (Å²) in [7, 11) is 1.60. The number of nitrogens with zero attached hydrogens (tertiary/aromatic N) is 4. The Morgan fingerprint density at radius 2 is 2.18 bits per heavy atom. The Labute approximate surface area is 128 Å². The minimum atomic E-state index is -0.351. The minimum absolute atomic E-state index is 0.172. The van der Waals surface area contributed by atoms with Crippen LogP contribution in [0.1, 0.15) is 0 Å². The maximum Gasteiger partial charge on any atom is 0.321 e. The summed E-state index contributed by atoms with van der Waals surface area (Å²) in [4.78, 5) is 17.6. The normalized spacial score (nSPS) is 10.7. The number of anilines is 1. The van der Waals surface area contributed by atoms with Crippen molar-refractivity contribution in [2.45, 2.75) is 0 Å². The summed E-state index contributed by atoms with van der Waals surface area (Å²) in [6, 6.07) is 4.93. The van der Waals surface area contributed by atoms with Gasteiger partial charge in [0.1, 0.15) is 0 Å². The molecule has 22 heavy (non-hydrogen) atoms. The molecule has 2 aromatic rings. The monoisotopic (exact) mass is 305 g/mol. The van der Waals surface area contributed by atoms with E-state index in [0.717, 1.165) is 0 Å². The van der Waals surface area contributed by atoms with Crippen LogP contribution in [0.15, 0.2) is 36.8 Å². The van der Waals surface area contributed by atoms with Gasteiger partial charge in [0.15, 0.2) is 5.82 Å². The van der Waals surface area contributed by atoms with Crippen LogP contribution in [0.4, 0.5) is 10.5 Å². The Morgan fingerprint density at radius 1 is 1.41 bits per heavy atom. The number of aliphatic hydroxyl groups is 2. The number of amides is 2. The smallest absolute Gasteiger partial charge is 0.321 e. The molecule has 0 aromatic carbocycles. The lowest BCUT2D eigenvalue weighted by Crippen LogP contribution is -2.37. The van der Waals surface area contributed by atoms with Crippen molar-refractivity contribution in [3.63, 3.8) is 0 Å². The van der Waals surface area contributed by atoms with E-state index < -0.39 is 0 Å². The van der Waals surface area contributed by atoms with Crippen LogP contribution in [0.2, 0.25) is 0 Å². The lowest BCUT2D eigenvalue weighted by Gasteiger charge is -2.21. The van der Waals surface area contributed by atoms with E-state index >= 15 is 0 Å². The summed E-state index contributed by atoms with van der Waals surface area (Å²) >= 11 is 0. The molecule has 0 fully saturated rings. The molecule has 2 aromatic heterocycles. The SMILES string of the molecule is CN(CC(CO)CO)C(=O)Nc1ccc(-n2cccn2)nc1. The molecule has 3 N–H and O–H groups in total. The number of hydrogen-bond donors (Lipinski definition) is 3. The lowest BCUT2D eigenvalue weighted by molar-refractivity contribution is 0.126. The number of rotatable bonds is 6. The van der Waals surface area contributed by atoms with Gasteiger partial charge in [0, 0.05) is 45.1 Å². The van der Waals surface area contributed by atoms with Crippen molar-refractivity contribution < 1.29 is 15.0 Å². The van der Waals surface area contributed by atoms with E-state index in [4.69, 9.17) is 10.2 Å². The quantitative estimate of drug-likeness (QED) is 0.713. The van der Waals surface area contributed by atoms with Crippen LogP contribution < -0.4 is 5.32 Å². The number of carbonyl (C=O) groups excluding carboxylic acids is 1. The maximum absolute atomic E-state index is 12.0. The number of aromatic nitrogens is 3. The molecule has 0 saturated heterocycles. The fourth-order valence-electron chi connectivity index (χ4n) is 1.86. The van der Waals surface area contributed by atoms with E-state index in [1.807, 2.05) is 0 Å². The van der Waals surface area contributed by atoms with Gasteiger partial charge in [-0.15, -0.1) is 0 Å². The molecule has 2 amide bonds. The van der Waals surface area contributed by atoms with Gasteiger partial charge < -0.3 is 20.4 Å². The zero-order chi connectivity index (χ0) is 15.9. The molecule has 0 atom stereocenters. The number of aliphatic hydroxyl groups excluding tert-OH is 2. The van der Waals surface area contributed by atoms with Crippen LogP contribution in [0.3, 0.4) is 0 Å². The number of pyridine rings is 1. The summed E-state index contributed by atoms with van der Waals surface area (Å²) in [5, 5.41) is 24.8. The van der Waals surface area contributed by atoms with E-state index in [-0.39, 0.29) is 31.7 Å². The lowest BCUT2D eigenvalue weighted by atomic mass is 10.2. The molecule has 2 heterocycles. The third-order valence-corrected chi connectivity index (χ3v) is 3.13. The molecule has 118 valence electrons. The third kappa shape index (κ3) is 4.03. The third-order valence-electron chi connectivity index (χ3n) is 3.13. The van der Waals surface area contributed by atoms with Gasteiger partial charge in [-0.05, 0) is 18.2 Å². The number of nitrogens with one attached hydrogen (secondary N) is 1. The highest BCUT2D eigenvalue weighted by molar-refractivity contribution is 5.88. The topological polar surface area (TPSA) is 104 Å². The van der Waals surface area contributed by atoms with Crippen molar-refractivity contribution in [1.29, 1.82) is 0 Å². The molecule has 0 aliphatic rings. The molecular weight excluding hydrogens is 286 g/mol.